The van der Waals surface area contributed by atoms with Crippen molar-refractivity contribution in [3.8, 4) is 5.75 Å². The molecule has 2 aromatic rings. The molecule has 1 aliphatic heterocycles. The third-order valence-electron chi connectivity index (χ3n) is 4.37. The maximum atomic E-state index is 12.6. The Hall–Kier alpha value is -2.83. The topological polar surface area (TPSA) is 67.7 Å². The normalized spacial score (nSPS) is 14.7. The number of para-hydroxylation sites is 2. The molecule has 0 unspecified atom stereocenters. The highest BCUT2D eigenvalue weighted by Crippen LogP contribution is 2.28. The van der Waals surface area contributed by atoms with Gasteiger partial charge in [0, 0.05) is 31.9 Å². The fraction of sp³-hybridized carbons (Fsp3) is 0.389. The lowest BCUT2D eigenvalue weighted by Gasteiger charge is -2.35. The molecule has 0 saturated carbocycles. The van der Waals surface area contributed by atoms with Crippen LogP contribution in [0.2, 0.25) is 0 Å². The summed E-state index contributed by atoms with van der Waals surface area (Å²) in [5.74, 6) is 1.35. The summed E-state index contributed by atoms with van der Waals surface area (Å²) in [5.41, 5.74) is 0.741. The molecule has 0 N–H and O–H groups in total. The number of methoxy groups -OCH3 is 1. The summed E-state index contributed by atoms with van der Waals surface area (Å²) in [6.07, 6.45) is 4.25. The van der Waals surface area contributed by atoms with E-state index in [4.69, 9.17) is 4.74 Å². The lowest BCUT2D eigenvalue weighted by atomic mass is 10.2. The zero-order valence-corrected chi connectivity index (χ0v) is 14.5. The van der Waals surface area contributed by atoms with Crippen LogP contribution < -0.4 is 9.64 Å². The zero-order chi connectivity index (χ0) is 17.8. The van der Waals surface area contributed by atoms with Gasteiger partial charge in [0.05, 0.1) is 12.8 Å². The lowest BCUT2D eigenvalue weighted by molar-refractivity contribution is -0.137. The number of nitrogens with zero attached hydrogens (tertiary/aromatic N) is 4. The minimum absolute atomic E-state index is 0.0688. The number of anilines is 1. The molecule has 0 spiro atoms. The average molecular weight is 342 g/mol. The van der Waals surface area contributed by atoms with Gasteiger partial charge in [-0.25, -0.2) is 4.98 Å². The molecule has 0 radical (unpaired) electrons. The number of imidazole rings is 1. The number of aryl methyl sites for hydroxylation is 1. The molecule has 0 bridgehead atoms. The summed E-state index contributed by atoms with van der Waals surface area (Å²) >= 11 is 0. The Bertz CT molecular complexity index is 771. The second kappa shape index (κ2) is 7.38. The first-order chi connectivity index (χ1) is 12.1. The smallest absolute Gasteiger partial charge is 0.246 e. The maximum Gasteiger partial charge on any atom is 0.246 e. The van der Waals surface area contributed by atoms with E-state index in [1.54, 1.807) is 29.3 Å². The van der Waals surface area contributed by atoms with E-state index in [1.807, 2.05) is 35.8 Å². The van der Waals surface area contributed by atoms with Crippen molar-refractivity contribution >= 4 is 17.5 Å². The summed E-state index contributed by atoms with van der Waals surface area (Å²) in [4.78, 5) is 32.6. The van der Waals surface area contributed by atoms with Crippen LogP contribution in [-0.4, -0.2) is 53.0 Å². The Morgan fingerprint density at radius 3 is 2.80 bits per heavy atom. The molecule has 1 aromatic heterocycles. The molecule has 1 saturated heterocycles. The predicted molar refractivity (Wildman–Crippen MR) is 93.5 cm³/mol. The molecule has 1 aromatic carbocycles. The van der Waals surface area contributed by atoms with Crippen molar-refractivity contribution < 1.29 is 14.3 Å². The predicted octanol–water partition coefficient (Wildman–Crippen LogP) is 1.33. The van der Waals surface area contributed by atoms with Gasteiger partial charge in [-0.2, -0.15) is 0 Å². The standard InChI is InChI=1S/C18H22N4O3/c1-3-16-19-8-9-20(16)12-17(23)21-10-11-22(18(24)13-21)14-6-4-5-7-15(14)25-2/h4-9H,3,10-13H2,1-2H3. The molecule has 7 heteroatoms. The van der Waals surface area contributed by atoms with E-state index in [-0.39, 0.29) is 24.9 Å². The molecular weight excluding hydrogens is 320 g/mol. The Morgan fingerprint density at radius 2 is 2.08 bits per heavy atom. The second-order valence-corrected chi connectivity index (χ2v) is 5.86. The SMILES string of the molecule is CCc1nccn1CC(=O)N1CCN(c2ccccc2OC)C(=O)C1. The molecule has 25 heavy (non-hydrogen) atoms. The molecule has 2 heterocycles. The lowest BCUT2D eigenvalue weighted by Crippen LogP contribution is -2.53. The van der Waals surface area contributed by atoms with Crippen LogP contribution in [0.25, 0.3) is 0 Å². The number of rotatable bonds is 5. The summed E-state index contributed by atoms with van der Waals surface area (Å²) in [5, 5.41) is 0. The highest BCUT2D eigenvalue weighted by atomic mass is 16.5. The van der Waals surface area contributed by atoms with E-state index in [0.29, 0.717) is 18.8 Å². The average Bonchev–Trinajstić information content (AvgIpc) is 3.08. The van der Waals surface area contributed by atoms with Gasteiger partial charge in [-0.3, -0.25) is 9.59 Å². The molecule has 2 amide bonds. The number of carbonyl (C=O) groups excluding carboxylic acids is 2. The summed E-state index contributed by atoms with van der Waals surface area (Å²) < 4.78 is 7.16. The Kier molecular flexibility index (Phi) is 5.02. The van der Waals surface area contributed by atoms with Gasteiger partial charge in [-0.1, -0.05) is 19.1 Å². The highest BCUT2D eigenvalue weighted by molar-refractivity contribution is 5.99. The number of piperazine rings is 1. The van der Waals surface area contributed by atoms with Crippen LogP contribution in [0.4, 0.5) is 5.69 Å². The third kappa shape index (κ3) is 3.50. The minimum atomic E-state index is -0.106. The molecular formula is C18H22N4O3. The van der Waals surface area contributed by atoms with Crippen molar-refractivity contribution in [2.75, 3.05) is 31.6 Å². The minimum Gasteiger partial charge on any atom is -0.495 e. The van der Waals surface area contributed by atoms with Crippen molar-refractivity contribution in [3.05, 3.63) is 42.5 Å². The van der Waals surface area contributed by atoms with Crippen LogP contribution in [0.3, 0.4) is 0 Å². The highest BCUT2D eigenvalue weighted by Gasteiger charge is 2.29. The number of carbonyl (C=O) groups is 2. The van der Waals surface area contributed by atoms with Crippen LogP contribution in [0, 0.1) is 0 Å². The molecule has 1 aliphatic rings. The molecule has 132 valence electrons. The van der Waals surface area contributed by atoms with Crippen molar-refractivity contribution in [3.63, 3.8) is 0 Å². The van der Waals surface area contributed by atoms with Gasteiger partial charge in [0.1, 0.15) is 24.7 Å². The third-order valence-corrected chi connectivity index (χ3v) is 4.37. The fourth-order valence-electron chi connectivity index (χ4n) is 3.04. The van der Waals surface area contributed by atoms with Gasteiger partial charge in [0.15, 0.2) is 0 Å². The summed E-state index contributed by atoms with van der Waals surface area (Å²) in [6.45, 7) is 3.24. The summed E-state index contributed by atoms with van der Waals surface area (Å²) in [7, 11) is 1.58. The van der Waals surface area contributed by atoms with Crippen molar-refractivity contribution in [2.45, 2.75) is 19.9 Å². The number of hydrogen-bond acceptors (Lipinski definition) is 4. The first kappa shape index (κ1) is 17.0. The van der Waals surface area contributed by atoms with Gasteiger partial charge >= 0.3 is 0 Å². The number of hydrogen-bond donors (Lipinski definition) is 0. The van der Waals surface area contributed by atoms with Gasteiger partial charge in [-0.05, 0) is 12.1 Å². The Morgan fingerprint density at radius 1 is 1.28 bits per heavy atom. The Balaban J connectivity index is 1.67. The van der Waals surface area contributed by atoms with Gasteiger partial charge in [0.2, 0.25) is 11.8 Å². The molecule has 7 nitrogen and oxygen atoms in total. The first-order valence-corrected chi connectivity index (χ1v) is 8.35. The van der Waals surface area contributed by atoms with E-state index in [9.17, 15) is 9.59 Å². The van der Waals surface area contributed by atoms with Crippen LogP contribution in [0.5, 0.6) is 5.75 Å². The monoisotopic (exact) mass is 342 g/mol. The second-order valence-electron chi connectivity index (χ2n) is 5.86. The van der Waals surface area contributed by atoms with E-state index >= 15 is 0 Å². The van der Waals surface area contributed by atoms with E-state index in [2.05, 4.69) is 4.98 Å². The van der Waals surface area contributed by atoms with Crippen LogP contribution in [0.15, 0.2) is 36.7 Å². The van der Waals surface area contributed by atoms with Gasteiger partial charge in [-0.15, -0.1) is 0 Å². The van der Waals surface area contributed by atoms with E-state index < -0.39 is 0 Å². The molecule has 0 atom stereocenters. The van der Waals surface area contributed by atoms with Crippen LogP contribution in [0.1, 0.15) is 12.7 Å². The van der Waals surface area contributed by atoms with Gasteiger partial charge in [0.25, 0.3) is 0 Å². The van der Waals surface area contributed by atoms with E-state index in [0.717, 1.165) is 17.9 Å². The molecule has 1 fully saturated rings. The molecule has 0 aliphatic carbocycles. The van der Waals surface area contributed by atoms with Crippen molar-refractivity contribution in [2.24, 2.45) is 0 Å². The first-order valence-electron chi connectivity index (χ1n) is 8.35. The van der Waals surface area contributed by atoms with Gasteiger partial charge < -0.3 is 19.1 Å². The number of benzene rings is 1. The quantitative estimate of drug-likeness (QED) is 0.822. The number of amides is 2. The van der Waals surface area contributed by atoms with Crippen molar-refractivity contribution in [1.82, 2.24) is 14.5 Å². The largest absolute Gasteiger partial charge is 0.495 e. The molecule has 3 rings (SSSR count). The van der Waals surface area contributed by atoms with E-state index in [1.165, 1.54) is 0 Å². The number of ether oxygens (including phenoxy) is 1. The summed E-state index contributed by atoms with van der Waals surface area (Å²) in [6, 6.07) is 7.41. The fourth-order valence-corrected chi connectivity index (χ4v) is 3.04. The van der Waals surface area contributed by atoms with Crippen LogP contribution in [-0.2, 0) is 22.6 Å². The van der Waals surface area contributed by atoms with Crippen LogP contribution >= 0.6 is 0 Å². The Labute approximate surface area is 146 Å². The van der Waals surface area contributed by atoms with Crippen molar-refractivity contribution in [1.29, 1.82) is 0 Å². The maximum absolute atomic E-state index is 12.6. The number of aromatic nitrogens is 2. The zero-order valence-electron chi connectivity index (χ0n) is 14.5.